The fourth-order valence-electron chi connectivity index (χ4n) is 2.88. The Morgan fingerprint density at radius 3 is 3.08 bits per heavy atom. The lowest BCUT2D eigenvalue weighted by molar-refractivity contribution is 0.181. The first-order valence-corrected chi connectivity index (χ1v) is 8.20. The molecule has 2 N–H and O–H groups in total. The van der Waals surface area contributed by atoms with E-state index in [4.69, 9.17) is 4.74 Å². The smallest absolute Gasteiger partial charge is 0.252 e. The van der Waals surface area contributed by atoms with Gasteiger partial charge in [-0.15, -0.1) is 0 Å². The number of methoxy groups -OCH3 is 1. The lowest BCUT2D eigenvalue weighted by Gasteiger charge is -2.18. The zero-order valence-electron chi connectivity index (χ0n) is 14.3. The van der Waals surface area contributed by atoms with Crippen LogP contribution in [0.4, 0.5) is 16.2 Å². The van der Waals surface area contributed by atoms with Crippen LogP contribution in [0.5, 0.6) is 0 Å². The molecule has 3 rings (SSSR count). The van der Waals surface area contributed by atoms with E-state index in [1.54, 1.807) is 7.11 Å². The minimum atomic E-state index is -0.405. The molecule has 1 fully saturated rings. The van der Waals surface area contributed by atoms with E-state index in [0.717, 1.165) is 6.42 Å². The first-order valence-electron chi connectivity index (χ1n) is 8.20. The van der Waals surface area contributed by atoms with E-state index in [2.05, 4.69) is 25.3 Å². The molecule has 1 aliphatic rings. The highest BCUT2D eigenvalue weighted by atomic mass is 19.1. The molecule has 1 unspecified atom stereocenters. The quantitative estimate of drug-likeness (QED) is 0.807. The Bertz CT molecular complexity index is 796. The molecule has 0 bridgehead atoms. The number of nitrogens with one attached hydrogen (secondary N) is 2. The summed E-state index contributed by atoms with van der Waals surface area (Å²) in [5.41, 5.74) is 0.751. The van der Waals surface area contributed by atoms with E-state index < -0.39 is 5.82 Å². The van der Waals surface area contributed by atoms with Gasteiger partial charge in [-0.3, -0.25) is 9.78 Å². The van der Waals surface area contributed by atoms with Crippen LogP contribution in [0.15, 0.2) is 17.2 Å². The van der Waals surface area contributed by atoms with E-state index in [9.17, 15) is 9.18 Å². The highest BCUT2D eigenvalue weighted by molar-refractivity contribution is 5.41. The minimum absolute atomic E-state index is 0.00508. The van der Waals surface area contributed by atoms with Gasteiger partial charge in [0.15, 0.2) is 11.6 Å². The molecule has 9 heteroatoms. The van der Waals surface area contributed by atoms with Crippen LogP contribution in [0.1, 0.15) is 24.7 Å². The van der Waals surface area contributed by atoms with E-state index in [1.807, 2.05) is 11.8 Å². The summed E-state index contributed by atoms with van der Waals surface area (Å²) in [5, 5.41) is 3.13. The maximum atomic E-state index is 14.3. The Kier molecular flexibility index (Phi) is 5.22. The summed E-state index contributed by atoms with van der Waals surface area (Å²) in [6.07, 6.45) is 2.66. The Balaban J connectivity index is 1.71. The molecule has 0 radical (unpaired) electrons. The van der Waals surface area contributed by atoms with Gasteiger partial charge in [0.2, 0.25) is 5.95 Å². The minimum Gasteiger partial charge on any atom is -0.378 e. The molecular weight excluding hydrogens is 327 g/mol. The highest BCUT2D eigenvalue weighted by Crippen LogP contribution is 2.20. The predicted octanol–water partition coefficient (Wildman–Crippen LogP) is 1.10. The summed E-state index contributed by atoms with van der Waals surface area (Å²) >= 11 is 0. The topological polar surface area (TPSA) is 96.0 Å². The third kappa shape index (κ3) is 3.93. The van der Waals surface area contributed by atoms with Crippen LogP contribution in [0.3, 0.4) is 0 Å². The molecule has 0 amide bonds. The molecule has 1 saturated heterocycles. The van der Waals surface area contributed by atoms with Gasteiger partial charge in [0.05, 0.1) is 18.0 Å². The third-order valence-electron chi connectivity index (χ3n) is 4.10. The largest absolute Gasteiger partial charge is 0.378 e. The predicted molar refractivity (Wildman–Crippen MR) is 91.2 cm³/mol. The Hall–Kier alpha value is -2.55. The average molecular weight is 348 g/mol. The van der Waals surface area contributed by atoms with Crippen molar-refractivity contribution < 1.29 is 9.13 Å². The number of hydrogen-bond donors (Lipinski definition) is 2. The highest BCUT2D eigenvalue weighted by Gasteiger charge is 2.26. The second-order valence-electron chi connectivity index (χ2n) is 5.91. The first kappa shape index (κ1) is 17.3. The molecule has 8 nitrogen and oxygen atoms in total. The van der Waals surface area contributed by atoms with Crippen molar-refractivity contribution in [2.45, 2.75) is 32.4 Å². The summed E-state index contributed by atoms with van der Waals surface area (Å²) in [5.74, 6) is 0.312. The van der Waals surface area contributed by atoms with Gasteiger partial charge in [0.25, 0.3) is 5.56 Å². The van der Waals surface area contributed by atoms with Gasteiger partial charge in [-0.25, -0.2) is 19.3 Å². The number of anilines is 2. The normalized spacial score (nSPS) is 17.1. The summed E-state index contributed by atoms with van der Waals surface area (Å²) < 4.78 is 19.3. The van der Waals surface area contributed by atoms with Crippen molar-refractivity contribution in [1.82, 2.24) is 19.9 Å². The van der Waals surface area contributed by atoms with Crippen LogP contribution in [0.2, 0.25) is 0 Å². The van der Waals surface area contributed by atoms with Crippen molar-refractivity contribution >= 4 is 11.8 Å². The summed E-state index contributed by atoms with van der Waals surface area (Å²) in [4.78, 5) is 28.8. The van der Waals surface area contributed by atoms with Crippen molar-refractivity contribution in [2.24, 2.45) is 0 Å². The van der Waals surface area contributed by atoms with Crippen molar-refractivity contribution in [3.05, 3.63) is 40.0 Å². The maximum absolute atomic E-state index is 14.3. The number of aryl methyl sites for hydroxylation is 1. The van der Waals surface area contributed by atoms with Gasteiger partial charge in [0.1, 0.15) is 6.33 Å². The van der Waals surface area contributed by atoms with Crippen LogP contribution in [0.25, 0.3) is 0 Å². The molecule has 1 atom stereocenters. The molecule has 25 heavy (non-hydrogen) atoms. The fourth-order valence-corrected chi connectivity index (χ4v) is 2.88. The number of aromatic amines is 1. The number of halogens is 1. The fraction of sp³-hybridized carbons (Fsp3) is 0.500. The molecule has 0 saturated carbocycles. The molecule has 134 valence electrons. The zero-order chi connectivity index (χ0) is 17.8. The van der Waals surface area contributed by atoms with Gasteiger partial charge < -0.3 is 15.0 Å². The van der Waals surface area contributed by atoms with Crippen molar-refractivity contribution in [3.63, 3.8) is 0 Å². The van der Waals surface area contributed by atoms with Crippen molar-refractivity contribution in [2.75, 3.05) is 30.4 Å². The van der Waals surface area contributed by atoms with Gasteiger partial charge in [-0.05, 0) is 12.8 Å². The summed E-state index contributed by atoms with van der Waals surface area (Å²) in [7, 11) is 1.55. The number of ether oxygens (including phenoxy) is 1. The third-order valence-corrected chi connectivity index (χ3v) is 4.10. The van der Waals surface area contributed by atoms with E-state index in [0.29, 0.717) is 36.8 Å². The van der Waals surface area contributed by atoms with E-state index >= 15 is 0 Å². The molecule has 2 aromatic heterocycles. The van der Waals surface area contributed by atoms with Crippen molar-refractivity contribution in [1.29, 1.82) is 0 Å². The molecule has 3 heterocycles. The average Bonchev–Trinajstić information content (AvgIpc) is 3.05. The van der Waals surface area contributed by atoms with Crippen molar-refractivity contribution in [3.8, 4) is 0 Å². The number of nitrogens with zero attached hydrogens (tertiary/aromatic N) is 4. The lowest BCUT2D eigenvalue weighted by atomic mass is 10.2. The van der Waals surface area contributed by atoms with E-state index in [-0.39, 0.29) is 24.0 Å². The van der Waals surface area contributed by atoms with Gasteiger partial charge in [-0.2, -0.15) is 0 Å². The van der Waals surface area contributed by atoms with Crippen LogP contribution in [-0.2, 0) is 17.8 Å². The number of rotatable bonds is 6. The number of hydrogen-bond acceptors (Lipinski definition) is 7. The number of H-pyrrole nitrogens is 1. The molecule has 1 aliphatic heterocycles. The second-order valence-corrected chi connectivity index (χ2v) is 5.91. The second kappa shape index (κ2) is 7.56. The lowest BCUT2D eigenvalue weighted by Crippen LogP contribution is -2.29. The molecular formula is C16H21FN6O2. The van der Waals surface area contributed by atoms with Crippen LogP contribution in [-0.4, -0.2) is 46.2 Å². The van der Waals surface area contributed by atoms with Crippen LogP contribution < -0.4 is 15.8 Å². The molecule has 2 aromatic rings. The number of aromatic nitrogens is 4. The first-order chi connectivity index (χ1) is 12.1. The Morgan fingerprint density at radius 2 is 2.32 bits per heavy atom. The zero-order valence-corrected chi connectivity index (χ0v) is 14.3. The maximum Gasteiger partial charge on any atom is 0.252 e. The Labute approximate surface area is 144 Å². The summed E-state index contributed by atoms with van der Waals surface area (Å²) in [6.45, 7) is 3.41. The monoisotopic (exact) mass is 348 g/mol. The van der Waals surface area contributed by atoms with Gasteiger partial charge >= 0.3 is 0 Å². The van der Waals surface area contributed by atoms with Crippen LogP contribution >= 0.6 is 0 Å². The molecule has 0 aliphatic carbocycles. The standard InChI is InChI=1S/C16H21FN6O2/c1-3-12-14(17)15(19-9-18-12)20-10-4-5-23(7-10)16-21-11(8-25-2)6-13(24)22-16/h6,9-10H,3-5,7-8H2,1-2H3,(H,18,19,20)(H,21,22,24). The summed E-state index contributed by atoms with van der Waals surface area (Å²) in [6, 6.07) is 1.42. The van der Waals surface area contributed by atoms with Gasteiger partial charge in [0, 0.05) is 32.3 Å². The van der Waals surface area contributed by atoms with Crippen LogP contribution in [0, 0.1) is 5.82 Å². The molecule has 0 aromatic carbocycles. The SMILES string of the molecule is CCc1ncnc(NC2CCN(c3nc(COC)cc(=O)[nH]3)C2)c1F. The van der Waals surface area contributed by atoms with Gasteiger partial charge in [-0.1, -0.05) is 6.92 Å². The molecule has 0 spiro atoms. The Morgan fingerprint density at radius 1 is 1.48 bits per heavy atom. The van der Waals surface area contributed by atoms with E-state index in [1.165, 1.54) is 12.4 Å².